The normalized spacial score (nSPS) is 19.3. The summed E-state index contributed by atoms with van der Waals surface area (Å²) in [6, 6.07) is 1.81. The van der Waals surface area contributed by atoms with Gasteiger partial charge in [0.1, 0.15) is 6.54 Å². The van der Waals surface area contributed by atoms with E-state index in [0.717, 1.165) is 13.1 Å². The lowest BCUT2D eigenvalue weighted by atomic mass is 10.1. The van der Waals surface area contributed by atoms with E-state index in [0.29, 0.717) is 25.4 Å². The van der Waals surface area contributed by atoms with Gasteiger partial charge in [0.2, 0.25) is 5.91 Å². The molecule has 7 nitrogen and oxygen atoms in total. The lowest BCUT2D eigenvalue weighted by Gasteiger charge is -2.42. The first-order valence-electron chi connectivity index (χ1n) is 8.15. The molecule has 1 atom stereocenters. The predicted molar refractivity (Wildman–Crippen MR) is 87.0 cm³/mol. The number of aliphatic hydroxyl groups excluding tert-OH is 1. The van der Waals surface area contributed by atoms with Gasteiger partial charge in [-0.1, -0.05) is 13.8 Å². The van der Waals surface area contributed by atoms with E-state index in [1.165, 1.54) is 10.8 Å². The molecule has 0 unspecified atom stereocenters. The number of piperazine rings is 1. The first-order chi connectivity index (χ1) is 11.0. The second-order valence-corrected chi connectivity index (χ2v) is 6.42. The van der Waals surface area contributed by atoms with Crippen molar-refractivity contribution in [3.63, 3.8) is 0 Å². The van der Waals surface area contributed by atoms with Crippen molar-refractivity contribution in [2.24, 2.45) is 5.92 Å². The molecule has 0 radical (unpaired) electrons. The Hall–Kier alpha value is -1.73. The molecule has 2 rings (SSSR count). The third-order valence-corrected chi connectivity index (χ3v) is 4.11. The van der Waals surface area contributed by atoms with Crippen LogP contribution in [0.4, 0.5) is 0 Å². The largest absolute Gasteiger partial charge is 0.396 e. The first-order valence-corrected chi connectivity index (χ1v) is 8.15. The van der Waals surface area contributed by atoms with Gasteiger partial charge in [-0.25, -0.2) is 9.78 Å². The Bertz CT molecular complexity index is 572. The van der Waals surface area contributed by atoms with E-state index in [9.17, 15) is 14.7 Å². The minimum atomic E-state index is -0.411. The fourth-order valence-corrected chi connectivity index (χ4v) is 3.00. The highest BCUT2D eigenvalue weighted by atomic mass is 16.3. The van der Waals surface area contributed by atoms with Crippen molar-refractivity contribution >= 4 is 5.91 Å². The zero-order valence-corrected chi connectivity index (χ0v) is 13.9. The van der Waals surface area contributed by atoms with E-state index >= 15 is 0 Å². The lowest BCUT2D eigenvalue weighted by molar-refractivity contribution is -0.135. The summed E-state index contributed by atoms with van der Waals surface area (Å²) >= 11 is 0. The molecular weight excluding hydrogens is 296 g/mol. The molecule has 7 heteroatoms. The maximum Gasteiger partial charge on any atom is 0.347 e. The van der Waals surface area contributed by atoms with Crippen molar-refractivity contribution in [2.75, 3.05) is 32.8 Å². The SMILES string of the molecule is CC(C)CN1CCN(C(=O)Cn2cccnc2=O)C[C@@H]1CCO. The maximum absolute atomic E-state index is 12.5. The summed E-state index contributed by atoms with van der Waals surface area (Å²) in [5.74, 6) is 0.472. The minimum absolute atomic E-state index is 0.0166. The number of nitrogens with zero attached hydrogens (tertiary/aromatic N) is 4. The highest BCUT2D eigenvalue weighted by Crippen LogP contribution is 2.15. The van der Waals surface area contributed by atoms with Gasteiger partial charge in [0.15, 0.2) is 0 Å². The molecule has 1 aromatic heterocycles. The summed E-state index contributed by atoms with van der Waals surface area (Å²) in [4.78, 5) is 31.9. The zero-order chi connectivity index (χ0) is 16.8. The van der Waals surface area contributed by atoms with Gasteiger partial charge < -0.3 is 10.0 Å². The monoisotopic (exact) mass is 322 g/mol. The topological polar surface area (TPSA) is 78.7 Å². The molecule has 1 aromatic rings. The zero-order valence-electron chi connectivity index (χ0n) is 13.9. The van der Waals surface area contributed by atoms with Gasteiger partial charge in [0.25, 0.3) is 0 Å². The Morgan fingerprint density at radius 2 is 2.22 bits per heavy atom. The molecule has 1 fully saturated rings. The average molecular weight is 322 g/mol. The summed E-state index contributed by atoms with van der Waals surface area (Å²) < 4.78 is 1.32. The van der Waals surface area contributed by atoms with E-state index in [1.807, 2.05) is 0 Å². The third-order valence-electron chi connectivity index (χ3n) is 4.11. The Morgan fingerprint density at radius 1 is 1.43 bits per heavy atom. The average Bonchev–Trinajstić information content (AvgIpc) is 2.51. The van der Waals surface area contributed by atoms with E-state index in [-0.39, 0.29) is 25.1 Å². The van der Waals surface area contributed by atoms with Crippen molar-refractivity contribution in [1.82, 2.24) is 19.4 Å². The van der Waals surface area contributed by atoms with Gasteiger partial charge in [0, 0.05) is 51.2 Å². The Balaban J connectivity index is 1.99. The van der Waals surface area contributed by atoms with Crippen LogP contribution in [0.25, 0.3) is 0 Å². The molecule has 1 saturated heterocycles. The number of aromatic nitrogens is 2. The van der Waals surface area contributed by atoms with Gasteiger partial charge >= 0.3 is 5.69 Å². The van der Waals surface area contributed by atoms with Crippen LogP contribution in [-0.4, -0.2) is 69.2 Å². The van der Waals surface area contributed by atoms with Crippen LogP contribution in [0.15, 0.2) is 23.3 Å². The van der Waals surface area contributed by atoms with Crippen LogP contribution in [0, 0.1) is 5.92 Å². The molecule has 2 heterocycles. The van der Waals surface area contributed by atoms with Gasteiger partial charge in [-0.15, -0.1) is 0 Å². The fourth-order valence-electron chi connectivity index (χ4n) is 3.00. The van der Waals surface area contributed by atoms with Crippen molar-refractivity contribution in [3.05, 3.63) is 28.9 Å². The highest BCUT2D eigenvalue weighted by molar-refractivity contribution is 5.76. The maximum atomic E-state index is 12.5. The number of aliphatic hydroxyl groups is 1. The van der Waals surface area contributed by atoms with Crippen LogP contribution in [0.2, 0.25) is 0 Å². The number of carbonyl (C=O) groups excluding carboxylic acids is 1. The number of hydrogen-bond donors (Lipinski definition) is 1. The van der Waals surface area contributed by atoms with Crippen LogP contribution in [0.5, 0.6) is 0 Å². The van der Waals surface area contributed by atoms with Crippen molar-refractivity contribution < 1.29 is 9.90 Å². The summed E-state index contributed by atoms with van der Waals surface area (Å²) in [5.41, 5.74) is -0.411. The van der Waals surface area contributed by atoms with Crippen molar-refractivity contribution in [2.45, 2.75) is 32.9 Å². The number of rotatable bonds is 6. The highest BCUT2D eigenvalue weighted by Gasteiger charge is 2.29. The standard InChI is InChI=1S/C16H26N4O3/c1-13(2)10-18-7-8-19(11-14(18)4-9-21)15(22)12-20-6-3-5-17-16(20)23/h3,5-6,13-14,21H,4,7-12H2,1-2H3/t14-/m0/s1. The van der Waals surface area contributed by atoms with Gasteiger partial charge in [-0.3, -0.25) is 14.3 Å². The molecule has 0 spiro atoms. The first kappa shape index (κ1) is 17.6. The lowest BCUT2D eigenvalue weighted by Crippen LogP contribution is -2.56. The summed E-state index contributed by atoms with van der Waals surface area (Å²) in [7, 11) is 0. The third kappa shape index (κ3) is 4.87. The molecule has 1 aliphatic rings. The van der Waals surface area contributed by atoms with Gasteiger partial charge in [-0.05, 0) is 18.4 Å². The molecular formula is C16H26N4O3. The minimum Gasteiger partial charge on any atom is -0.396 e. The molecule has 128 valence electrons. The number of amides is 1. The molecule has 0 aliphatic carbocycles. The molecule has 0 bridgehead atoms. The number of hydrogen-bond acceptors (Lipinski definition) is 5. The van der Waals surface area contributed by atoms with Crippen LogP contribution in [0.3, 0.4) is 0 Å². The fraction of sp³-hybridized carbons (Fsp3) is 0.688. The van der Waals surface area contributed by atoms with E-state index < -0.39 is 5.69 Å². The Kier molecular flexibility index (Phi) is 6.29. The Labute approximate surface area is 136 Å². The van der Waals surface area contributed by atoms with Crippen LogP contribution in [-0.2, 0) is 11.3 Å². The van der Waals surface area contributed by atoms with Gasteiger partial charge in [0.05, 0.1) is 0 Å². The van der Waals surface area contributed by atoms with Crippen molar-refractivity contribution in [1.29, 1.82) is 0 Å². The summed E-state index contributed by atoms with van der Waals surface area (Å²) in [6.45, 7) is 7.49. The second-order valence-electron chi connectivity index (χ2n) is 6.42. The van der Waals surface area contributed by atoms with E-state index in [2.05, 4.69) is 23.7 Å². The molecule has 1 aliphatic heterocycles. The molecule has 23 heavy (non-hydrogen) atoms. The van der Waals surface area contributed by atoms with Crippen LogP contribution < -0.4 is 5.69 Å². The van der Waals surface area contributed by atoms with E-state index in [1.54, 1.807) is 17.2 Å². The number of carbonyl (C=O) groups is 1. The van der Waals surface area contributed by atoms with Crippen LogP contribution >= 0.6 is 0 Å². The summed E-state index contributed by atoms with van der Waals surface area (Å²) in [5, 5.41) is 9.28. The van der Waals surface area contributed by atoms with E-state index in [4.69, 9.17) is 0 Å². The predicted octanol–water partition coefficient (Wildman–Crippen LogP) is -0.205. The second kappa shape index (κ2) is 8.21. The van der Waals surface area contributed by atoms with Gasteiger partial charge in [-0.2, -0.15) is 0 Å². The molecule has 1 amide bonds. The Morgan fingerprint density at radius 3 is 2.87 bits per heavy atom. The summed E-state index contributed by atoms with van der Waals surface area (Å²) in [6.07, 6.45) is 3.65. The smallest absolute Gasteiger partial charge is 0.347 e. The molecule has 0 aromatic carbocycles. The molecule has 0 saturated carbocycles. The molecule has 1 N–H and O–H groups in total. The quantitative estimate of drug-likeness (QED) is 0.784. The van der Waals surface area contributed by atoms with Crippen LogP contribution in [0.1, 0.15) is 20.3 Å². The van der Waals surface area contributed by atoms with Crippen molar-refractivity contribution in [3.8, 4) is 0 Å².